The van der Waals surface area contributed by atoms with Crippen LogP contribution in [0.25, 0.3) is 0 Å². The SMILES string of the molecule is CCC(N)(CO)CCCOc1cccc(C)c1. The lowest BCUT2D eigenvalue weighted by Crippen LogP contribution is -2.43. The monoisotopic (exact) mass is 237 g/mol. The van der Waals surface area contributed by atoms with E-state index in [1.54, 1.807) is 0 Å². The minimum Gasteiger partial charge on any atom is -0.494 e. The molecule has 17 heavy (non-hydrogen) atoms. The summed E-state index contributed by atoms with van der Waals surface area (Å²) in [6.07, 6.45) is 2.43. The van der Waals surface area contributed by atoms with Crippen molar-refractivity contribution in [2.24, 2.45) is 5.73 Å². The second kappa shape index (κ2) is 6.62. The summed E-state index contributed by atoms with van der Waals surface area (Å²) in [6.45, 7) is 4.72. The van der Waals surface area contributed by atoms with Crippen LogP contribution in [0.4, 0.5) is 0 Å². The van der Waals surface area contributed by atoms with Crippen LogP contribution >= 0.6 is 0 Å². The Bertz CT molecular complexity index is 335. The standard InChI is InChI=1S/C14H23NO2/c1-3-14(15,11-16)8-5-9-17-13-7-4-6-12(2)10-13/h4,6-7,10,16H,3,5,8-9,11,15H2,1-2H3. The third kappa shape index (κ3) is 4.75. The van der Waals surface area contributed by atoms with Crippen molar-refractivity contribution in [3.8, 4) is 5.75 Å². The maximum Gasteiger partial charge on any atom is 0.119 e. The van der Waals surface area contributed by atoms with Crippen LogP contribution in [0.5, 0.6) is 5.75 Å². The number of aryl methyl sites for hydroxylation is 1. The van der Waals surface area contributed by atoms with E-state index in [9.17, 15) is 5.11 Å². The first-order chi connectivity index (χ1) is 8.09. The molecule has 0 aliphatic rings. The summed E-state index contributed by atoms with van der Waals surface area (Å²) < 4.78 is 5.63. The maximum absolute atomic E-state index is 9.17. The van der Waals surface area contributed by atoms with Crippen LogP contribution < -0.4 is 10.5 Å². The molecule has 3 N–H and O–H groups in total. The second-order valence-electron chi connectivity index (χ2n) is 4.64. The summed E-state index contributed by atoms with van der Waals surface area (Å²) in [5.74, 6) is 0.896. The number of ether oxygens (including phenoxy) is 1. The first-order valence-electron chi connectivity index (χ1n) is 6.19. The molecule has 1 aromatic rings. The van der Waals surface area contributed by atoms with Crippen molar-refractivity contribution < 1.29 is 9.84 Å². The Balaban J connectivity index is 2.29. The highest BCUT2D eigenvalue weighted by atomic mass is 16.5. The van der Waals surface area contributed by atoms with Gasteiger partial charge in [-0.25, -0.2) is 0 Å². The van der Waals surface area contributed by atoms with Crippen molar-refractivity contribution in [1.82, 2.24) is 0 Å². The van der Waals surface area contributed by atoms with Gasteiger partial charge in [-0.2, -0.15) is 0 Å². The molecule has 0 saturated heterocycles. The highest BCUT2D eigenvalue weighted by molar-refractivity contribution is 5.27. The van der Waals surface area contributed by atoms with Crippen LogP contribution in [0.2, 0.25) is 0 Å². The molecule has 1 unspecified atom stereocenters. The van der Waals surface area contributed by atoms with Crippen LogP contribution in [-0.4, -0.2) is 23.9 Å². The minimum absolute atomic E-state index is 0.0357. The lowest BCUT2D eigenvalue weighted by atomic mass is 9.93. The predicted molar refractivity (Wildman–Crippen MR) is 70.2 cm³/mol. The number of hydrogen-bond acceptors (Lipinski definition) is 3. The quantitative estimate of drug-likeness (QED) is 0.715. The van der Waals surface area contributed by atoms with Gasteiger partial charge >= 0.3 is 0 Å². The summed E-state index contributed by atoms with van der Waals surface area (Å²) in [5.41, 5.74) is 6.74. The first-order valence-corrected chi connectivity index (χ1v) is 6.19. The molecule has 0 amide bonds. The van der Waals surface area contributed by atoms with Crippen molar-refractivity contribution >= 4 is 0 Å². The third-order valence-corrected chi connectivity index (χ3v) is 3.10. The minimum atomic E-state index is -0.448. The highest BCUT2D eigenvalue weighted by Gasteiger charge is 2.20. The Morgan fingerprint density at radius 1 is 1.41 bits per heavy atom. The molecule has 0 spiro atoms. The fraction of sp³-hybridized carbons (Fsp3) is 0.571. The van der Waals surface area contributed by atoms with E-state index in [1.165, 1.54) is 5.56 Å². The van der Waals surface area contributed by atoms with Gasteiger partial charge in [-0.05, 0) is 43.9 Å². The Labute approximate surface area is 104 Å². The zero-order valence-electron chi connectivity index (χ0n) is 10.8. The molecule has 0 bridgehead atoms. The van der Waals surface area contributed by atoms with E-state index in [2.05, 4.69) is 0 Å². The molecule has 1 rings (SSSR count). The van der Waals surface area contributed by atoms with Crippen LogP contribution in [0.3, 0.4) is 0 Å². The van der Waals surface area contributed by atoms with Crippen molar-refractivity contribution in [2.75, 3.05) is 13.2 Å². The van der Waals surface area contributed by atoms with Crippen LogP contribution in [0.15, 0.2) is 24.3 Å². The summed E-state index contributed by atoms with van der Waals surface area (Å²) >= 11 is 0. The van der Waals surface area contributed by atoms with Gasteiger partial charge in [-0.3, -0.25) is 0 Å². The van der Waals surface area contributed by atoms with Crippen LogP contribution in [0, 0.1) is 6.92 Å². The fourth-order valence-corrected chi connectivity index (χ4v) is 1.69. The number of aliphatic hydroxyl groups excluding tert-OH is 1. The van der Waals surface area contributed by atoms with Gasteiger partial charge in [-0.1, -0.05) is 19.1 Å². The first kappa shape index (κ1) is 14.0. The Hall–Kier alpha value is -1.06. The molecule has 1 atom stereocenters. The summed E-state index contributed by atoms with van der Waals surface area (Å²) in [7, 11) is 0. The van der Waals surface area contributed by atoms with Gasteiger partial charge in [0.1, 0.15) is 5.75 Å². The average Bonchev–Trinajstić information content (AvgIpc) is 2.34. The number of nitrogens with two attached hydrogens (primary N) is 1. The Morgan fingerprint density at radius 3 is 2.76 bits per heavy atom. The van der Waals surface area contributed by atoms with Gasteiger partial charge in [0, 0.05) is 5.54 Å². The van der Waals surface area contributed by atoms with Gasteiger partial charge in [0.25, 0.3) is 0 Å². The zero-order chi connectivity index (χ0) is 12.7. The summed E-state index contributed by atoms with van der Waals surface area (Å²) in [5, 5.41) is 9.17. The average molecular weight is 237 g/mol. The summed E-state index contributed by atoms with van der Waals surface area (Å²) in [6, 6.07) is 7.99. The van der Waals surface area contributed by atoms with Gasteiger partial charge in [-0.15, -0.1) is 0 Å². The molecule has 0 heterocycles. The Kier molecular flexibility index (Phi) is 5.45. The molecule has 0 radical (unpaired) electrons. The normalized spacial score (nSPS) is 14.4. The van der Waals surface area contributed by atoms with E-state index in [0.29, 0.717) is 6.61 Å². The fourth-order valence-electron chi connectivity index (χ4n) is 1.69. The van der Waals surface area contributed by atoms with Gasteiger partial charge < -0.3 is 15.6 Å². The van der Waals surface area contributed by atoms with Gasteiger partial charge in [0.05, 0.1) is 13.2 Å². The van der Waals surface area contributed by atoms with E-state index in [4.69, 9.17) is 10.5 Å². The second-order valence-corrected chi connectivity index (χ2v) is 4.64. The largest absolute Gasteiger partial charge is 0.494 e. The number of rotatable bonds is 7. The van der Waals surface area contributed by atoms with Crippen LogP contribution in [-0.2, 0) is 0 Å². The molecule has 0 aliphatic heterocycles. The van der Waals surface area contributed by atoms with E-state index >= 15 is 0 Å². The van der Waals surface area contributed by atoms with Gasteiger partial charge in [0.15, 0.2) is 0 Å². The lowest BCUT2D eigenvalue weighted by molar-refractivity contribution is 0.171. The number of benzene rings is 1. The predicted octanol–water partition coefficient (Wildman–Crippen LogP) is 2.25. The highest BCUT2D eigenvalue weighted by Crippen LogP contribution is 2.16. The van der Waals surface area contributed by atoms with E-state index < -0.39 is 5.54 Å². The topological polar surface area (TPSA) is 55.5 Å². The van der Waals surface area contributed by atoms with Crippen molar-refractivity contribution in [2.45, 2.75) is 38.6 Å². The molecule has 3 heteroatoms. The van der Waals surface area contributed by atoms with Gasteiger partial charge in [0.2, 0.25) is 0 Å². The molecule has 0 aromatic heterocycles. The zero-order valence-corrected chi connectivity index (χ0v) is 10.8. The molecule has 0 aliphatic carbocycles. The number of aliphatic hydroxyl groups is 1. The van der Waals surface area contributed by atoms with E-state index in [0.717, 1.165) is 25.0 Å². The third-order valence-electron chi connectivity index (χ3n) is 3.10. The van der Waals surface area contributed by atoms with Crippen molar-refractivity contribution in [3.63, 3.8) is 0 Å². The molecule has 96 valence electrons. The number of hydrogen-bond donors (Lipinski definition) is 2. The summed E-state index contributed by atoms with van der Waals surface area (Å²) in [4.78, 5) is 0. The Morgan fingerprint density at radius 2 is 2.18 bits per heavy atom. The molecule has 0 fully saturated rings. The molecule has 0 saturated carbocycles. The molecular weight excluding hydrogens is 214 g/mol. The molecule has 3 nitrogen and oxygen atoms in total. The van der Waals surface area contributed by atoms with E-state index in [-0.39, 0.29) is 6.61 Å². The smallest absolute Gasteiger partial charge is 0.119 e. The lowest BCUT2D eigenvalue weighted by Gasteiger charge is -2.25. The maximum atomic E-state index is 9.17. The van der Waals surface area contributed by atoms with Crippen molar-refractivity contribution in [3.05, 3.63) is 29.8 Å². The molecular formula is C14H23NO2. The van der Waals surface area contributed by atoms with E-state index in [1.807, 2.05) is 38.1 Å². The van der Waals surface area contributed by atoms with Crippen LogP contribution in [0.1, 0.15) is 31.7 Å². The molecule has 1 aromatic carbocycles. The van der Waals surface area contributed by atoms with Crippen molar-refractivity contribution in [1.29, 1.82) is 0 Å².